The number of phenols is 1. The molecule has 0 aliphatic rings. The topological polar surface area (TPSA) is 61.6 Å². The summed E-state index contributed by atoms with van der Waals surface area (Å²) in [6.45, 7) is 7.63. The summed E-state index contributed by atoms with van der Waals surface area (Å²) in [5.41, 5.74) is 3.74. The van der Waals surface area contributed by atoms with Crippen LogP contribution in [-0.2, 0) is 20.1 Å². The van der Waals surface area contributed by atoms with Gasteiger partial charge in [-0.15, -0.1) is 0 Å². The van der Waals surface area contributed by atoms with E-state index in [0.29, 0.717) is 35.0 Å². The van der Waals surface area contributed by atoms with E-state index in [9.17, 15) is 5.11 Å². The average molecular weight is 383 g/mol. The van der Waals surface area contributed by atoms with Gasteiger partial charge >= 0.3 is 0 Å². The van der Waals surface area contributed by atoms with Crippen LogP contribution in [0.5, 0.6) is 5.75 Å². The van der Waals surface area contributed by atoms with Gasteiger partial charge in [-0.3, -0.25) is 0 Å². The van der Waals surface area contributed by atoms with Gasteiger partial charge in [0.2, 0.25) is 0 Å². The predicted octanol–water partition coefficient (Wildman–Crippen LogP) is 3.91. The first kappa shape index (κ1) is 19.5. The number of halogens is 2. The molecule has 0 aliphatic carbocycles. The number of hydrogen-bond donors (Lipinski definition) is 3. The molecule has 0 atom stereocenters. The molecule has 0 amide bonds. The van der Waals surface area contributed by atoms with Crippen molar-refractivity contribution in [1.29, 1.82) is 0 Å². The first-order chi connectivity index (χ1) is 11.8. The van der Waals surface area contributed by atoms with Gasteiger partial charge in [-0.2, -0.15) is 0 Å². The molecule has 7 heteroatoms. The van der Waals surface area contributed by atoms with E-state index >= 15 is 0 Å². The number of aromatic nitrogens is 1. The Balaban J connectivity index is 2.09. The number of hydrogen-bond acceptors (Lipinski definition) is 2. The number of guanidine groups is 1. The number of aliphatic imine (C=N–C) groups is 1. The molecule has 0 unspecified atom stereocenters. The molecule has 0 saturated heterocycles. The van der Waals surface area contributed by atoms with Crippen LogP contribution in [0, 0.1) is 13.8 Å². The summed E-state index contributed by atoms with van der Waals surface area (Å²) >= 11 is 12.1. The molecule has 3 N–H and O–H groups in total. The monoisotopic (exact) mass is 382 g/mol. The van der Waals surface area contributed by atoms with E-state index in [2.05, 4.69) is 15.6 Å². The zero-order chi connectivity index (χ0) is 18.6. The maximum Gasteiger partial charge on any atom is 0.191 e. The number of nitrogens with zero attached hydrogens (tertiary/aromatic N) is 2. The molecule has 25 heavy (non-hydrogen) atoms. The first-order valence-corrected chi connectivity index (χ1v) is 8.90. The third kappa shape index (κ3) is 4.83. The van der Waals surface area contributed by atoms with E-state index in [1.54, 1.807) is 0 Å². The molecule has 0 saturated carbocycles. The quantitative estimate of drug-likeness (QED) is 0.542. The van der Waals surface area contributed by atoms with Gasteiger partial charge in [0.05, 0.1) is 18.1 Å². The SMILES string of the molecule is CCNC(=NCc1cc(C)c(O)c(C)c1)NCc1cc(Cl)c(Cl)n1C. The van der Waals surface area contributed by atoms with Gasteiger partial charge in [-0.25, -0.2) is 4.99 Å². The first-order valence-electron chi connectivity index (χ1n) is 8.14. The largest absolute Gasteiger partial charge is 0.507 e. The van der Waals surface area contributed by atoms with Crippen LogP contribution < -0.4 is 10.6 Å². The lowest BCUT2D eigenvalue weighted by atomic mass is 10.1. The highest BCUT2D eigenvalue weighted by molar-refractivity contribution is 6.41. The van der Waals surface area contributed by atoms with Gasteiger partial charge in [-0.05, 0) is 43.5 Å². The second-order valence-corrected chi connectivity index (χ2v) is 6.73. The summed E-state index contributed by atoms with van der Waals surface area (Å²) in [4.78, 5) is 4.61. The lowest BCUT2D eigenvalue weighted by molar-refractivity contribution is 0.466. The maximum absolute atomic E-state index is 9.87. The molecule has 0 bridgehead atoms. The number of rotatable bonds is 5. The lowest BCUT2D eigenvalue weighted by Gasteiger charge is -2.12. The summed E-state index contributed by atoms with van der Waals surface area (Å²) in [7, 11) is 1.87. The van der Waals surface area contributed by atoms with E-state index < -0.39 is 0 Å². The van der Waals surface area contributed by atoms with Crippen molar-refractivity contribution in [3.8, 4) is 5.75 Å². The van der Waals surface area contributed by atoms with Gasteiger partial charge in [0.25, 0.3) is 0 Å². The number of nitrogens with one attached hydrogen (secondary N) is 2. The molecule has 136 valence electrons. The van der Waals surface area contributed by atoms with Gasteiger partial charge in [0, 0.05) is 19.3 Å². The van der Waals surface area contributed by atoms with Crippen molar-refractivity contribution in [2.75, 3.05) is 6.54 Å². The molecule has 1 heterocycles. The van der Waals surface area contributed by atoms with Crippen molar-refractivity contribution < 1.29 is 5.11 Å². The predicted molar refractivity (Wildman–Crippen MR) is 105 cm³/mol. The number of aromatic hydroxyl groups is 1. The zero-order valence-corrected chi connectivity index (χ0v) is 16.5. The van der Waals surface area contributed by atoms with Crippen molar-refractivity contribution >= 4 is 29.2 Å². The van der Waals surface area contributed by atoms with Crippen LogP contribution in [0.4, 0.5) is 0 Å². The maximum atomic E-state index is 9.87. The molecular weight excluding hydrogens is 359 g/mol. The average Bonchev–Trinajstić information content (AvgIpc) is 2.82. The Morgan fingerprint density at radius 2 is 1.80 bits per heavy atom. The minimum absolute atomic E-state index is 0.343. The van der Waals surface area contributed by atoms with Gasteiger partial charge in [-0.1, -0.05) is 35.3 Å². The van der Waals surface area contributed by atoms with Crippen LogP contribution in [0.1, 0.15) is 29.3 Å². The van der Waals surface area contributed by atoms with Crippen LogP contribution in [-0.4, -0.2) is 22.2 Å². The second kappa shape index (κ2) is 8.50. The van der Waals surface area contributed by atoms with E-state index in [-0.39, 0.29) is 0 Å². The highest BCUT2D eigenvalue weighted by atomic mass is 35.5. The molecule has 1 aromatic heterocycles. The zero-order valence-electron chi connectivity index (χ0n) is 15.0. The Morgan fingerprint density at radius 3 is 2.32 bits per heavy atom. The number of benzene rings is 1. The van der Waals surface area contributed by atoms with E-state index in [1.165, 1.54) is 0 Å². The molecule has 0 spiro atoms. The van der Waals surface area contributed by atoms with E-state index in [0.717, 1.165) is 28.9 Å². The van der Waals surface area contributed by atoms with Gasteiger partial charge in [0.1, 0.15) is 10.9 Å². The van der Waals surface area contributed by atoms with Crippen LogP contribution >= 0.6 is 23.2 Å². The van der Waals surface area contributed by atoms with Crippen molar-refractivity contribution in [3.05, 3.63) is 50.8 Å². The van der Waals surface area contributed by atoms with E-state index in [1.807, 2.05) is 50.6 Å². The van der Waals surface area contributed by atoms with Crippen LogP contribution in [0.3, 0.4) is 0 Å². The minimum atomic E-state index is 0.343. The summed E-state index contributed by atoms with van der Waals surface area (Å²) in [6, 6.07) is 5.74. The van der Waals surface area contributed by atoms with Crippen molar-refractivity contribution in [2.24, 2.45) is 12.0 Å². The van der Waals surface area contributed by atoms with Gasteiger partial charge in [0.15, 0.2) is 5.96 Å². The molecule has 1 aromatic carbocycles. The fourth-order valence-electron chi connectivity index (χ4n) is 2.58. The molecule has 0 radical (unpaired) electrons. The Morgan fingerprint density at radius 1 is 1.16 bits per heavy atom. The standard InChI is InChI=1S/C18H24Cl2N4O/c1-5-21-18(23-10-14-8-15(19)17(20)24(14)4)22-9-13-6-11(2)16(25)12(3)7-13/h6-8,25H,5,9-10H2,1-4H3,(H2,21,22,23). The highest BCUT2D eigenvalue weighted by Gasteiger charge is 2.09. The Kier molecular flexibility index (Phi) is 6.62. The number of aryl methyl sites for hydroxylation is 2. The molecular formula is C18H24Cl2N4O. The van der Waals surface area contributed by atoms with Crippen LogP contribution in [0.25, 0.3) is 0 Å². The highest BCUT2D eigenvalue weighted by Crippen LogP contribution is 2.25. The van der Waals surface area contributed by atoms with Crippen molar-refractivity contribution in [2.45, 2.75) is 33.9 Å². The summed E-state index contributed by atoms with van der Waals surface area (Å²) < 4.78 is 1.84. The molecule has 0 aliphatic heterocycles. The Bertz CT molecular complexity index is 761. The smallest absolute Gasteiger partial charge is 0.191 e. The molecule has 2 rings (SSSR count). The fourth-order valence-corrected chi connectivity index (χ4v) is 3.00. The number of phenolic OH excluding ortho intramolecular Hbond substituents is 1. The summed E-state index contributed by atoms with van der Waals surface area (Å²) in [6.07, 6.45) is 0. The lowest BCUT2D eigenvalue weighted by Crippen LogP contribution is -2.37. The molecule has 0 fully saturated rings. The van der Waals surface area contributed by atoms with Crippen molar-refractivity contribution in [3.63, 3.8) is 0 Å². The summed E-state index contributed by atoms with van der Waals surface area (Å²) in [5.74, 6) is 1.05. The Labute approximate surface area is 158 Å². The Hall–Kier alpha value is -1.85. The van der Waals surface area contributed by atoms with Crippen LogP contribution in [0.2, 0.25) is 10.2 Å². The third-order valence-electron chi connectivity index (χ3n) is 3.97. The van der Waals surface area contributed by atoms with Crippen molar-refractivity contribution in [1.82, 2.24) is 15.2 Å². The van der Waals surface area contributed by atoms with Gasteiger partial charge < -0.3 is 20.3 Å². The third-order valence-corrected chi connectivity index (χ3v) is 4.81. The molecule has 5 nitrogen and oxygen atoms in total. The summed E-state index contributed by atoms with van der Waals surface area (Å²) in [5, 5.41) is 17.4. The molecule has 2 aromatic rings. The normalized spacial score (nSPS) is 11.7. The van der Waals surface area contributed by atoms with E-state index in [4.69, 9.17) is 23.2 Å². The minimum Gasteiger partial charge on any atom is -0.507 e. The van der Waals surface area contributed by atoms with Crippen LogP contribution in [0.15, 0.2) is 23.2 Å². The second-order valence-electron chi connectivity index (χ2n) is 5.96. The fraction of sp³-hybridized carbons (Fsp3) is 0.389.